The SMILES string of the molecule is CCN1CC(CCCO)N(c2ccccc2)C(c2ccccc2)C1OC. The zero-order chi connectivity index (χ0) is 18.4. The average Bonchev–Trinajstić information content (AvgIpc) is 2.72. The molecule has 0 aliphatic carbocycles. The smallest absolute Gasteiger partial charge is 0.135 e. The van der Waals surface area contributed by atoms with Crippen LogP contribution in [0.3, 0.4) is 0 Å². The Labute approximate surface area is 157 Å². The fourth-order valence-electron chi connectivity index (χ4n) is 4.12. The largest absolute Gasteiger partial charge is 0.396 e. The summed E-state index contributed by atoms with van der Waals surface area (Å²) >= 11 is 0. The fourth-order valence-corrected chi connectivity index (χ4v) is 4.12. The molecule has 2 aromatic carbocycles. The summed E-state index contributed by atoms with van der Waals surface area (Å²) in [6.45, 7) is 4.30. The predicted molar refractivity (Wildman–Crippen MR) is 106 cm³/mol. The van der Waals surface area contributed by atoms with Gasteiger partial charge >= 0.3 is 0 Å². The molecule has 26 heavy (non-hydrogen) atoms. The molecule has 4 nitrogen and oxygen atoms in total. The highest BCUT2D eigenvalue weighted by atomic mass is 16.5. The van der Waals surface area contributed by atoms with Crippen molar-refractivity contribution in [2.24, 2.45) is 0 Å². The van der Waals surface area contributed by atoms with E-state index in [4.69, 9.17) is 4.74 Å². The Kier molecular flexibility index (Phi) is 6.67. The highest BCUT2D eigenvalue weighted by molar-refractivity contribution is 5.51. The summed E-state index contributed by atoms with van der Waals surface area (Å²) in [5, 5.41) is 9.40. The third-order valence-corrected chi connectivity index (χ3v) is 5.31. The van der Waals surface area contributed by atoms with Crippen LogP contribution in [-0.2, 0) is 4.74 Å². The second-order valence-electron chi connectivity index (χ2n) is 6.83. The van der Waals surface area contributed by atoms with Crippen molar-refractivity contribution in [3.8, 4) is 0 Å². The van der Waals surface area contributed by atoms with Gasteiger partial charge in [0.15, 0.2) is 0 Å². The third-order valence-electron chi connectivity index (χ3n) is 5.31. The lowest BCUT2D eigenvalue weighted by Crippen LogP contribution is -2.60. The number of hydrogen-bond donors (Lipinski definition) is 1. The number of benzene rings is 2. The lowest BCUT2D eigenvalue weighted by atomic mass is 9.93. The highest BCUT2D eigenvalue weighted by Crippen LogP contribution is 2.39. The van der Waals surface area contributed by atoms with Gasteiger partial charge in [0.05, 0.1) is 6.04 Å². The number of para-hydroxylation sites is 1. The van der Waals surface area contributed by atoms with Crippen LogP contribution in [0, 0.1) is 0 Å². The van der Waals surface area contributed by atoms with Gasteiger partial charge in [0, 0.05) is 32.0 Å². The Morgan fingerprint density at radius 1 is 1.04 bits per heavy atom. The van der Waals surface area contributed by atoms with Crippen molar-refractivity contribution in [2.75, 3.05) is 31.7 Å². The number of likely N-dealkylation sites (N-methyl/N-ethyl adjacent to an activating group) is 1. The molecule has 1 aliphatic rings. The Balaban J connectivity index is 2.07. The Bertz CT molecular complexity index is 650. The van der Waals surface area contributed by atoms with E-state index in [1.807, 2.05) is 0 Å². The molecule has 1 N–H and O–H groups in total. The number of rotatable bonds is 7. The number of methoxy groups -OCH3 is 1. The Morgan fingerprint density at radius 2 is 1.69 bits per heavy atom. The first-order valence-electron chi connectivity index (χ1n) is 9.56. The first kappa shape index (κ1) is 18.9. The van der Waals surface area contributed by atoms with E-state index in [9.17, 15) is 5.11 Å². The minimum atomic E-state index is -0.00650. The number of nitrogens with zero attached hydrogens (tertiary/aromatic N) is 2. The van der Waals surface area contributed by atoms with Crippen LogP contribution < -0.4 is 4.90 Å². The number of aliphatic hydroxyl groups excluding tert-OH is 1. The molecule has 1 saturated heterocycles. The average molecular weight is 354 g/mol. The van der Waals surface area contributed by atoms with E-state index in [1.165, 1.54) is 11.3 Å². The summed E-state index contributed by atoms with van der Waals surface area (Å²) in [4.78, 5) is 4.92. The van der Waals surface area contributed by atoms with Crippen molar-refractivity contribution < 1.29 is 9.84 Å². The monoisotopic (exact) mass is 354 g/mol. The van der Waals surface area contributed by atoms with Crippen molar-refractivity contribution >= 4 is 5.69 Å². The van der Waals surface area contributed by atoms with Gasteiger partial charge in [-0.05, 0) is 37.1 Å². The van der Waals surface area contributed by atoms with Crippen molar-refractivity contribution in [3.63, 3.8) is 0 Å². The van der Waals surface area contributed by atoms with Crippen LogP contribution in [0.25, 0.3) is 0 Å². The fraction of sp³-hybridized carbons (Fsp3) is 0.455. The Morgan fingerprint density at radius 3 is 2.27 bits per heavy atom. The van der Waals surface area contributed by atoms with E-state index in [0.717, 1.165) is 25.9 Å². The molecule has 1 fully saturated rings. The minimum absolute atomic E-state index is 0.00650. The van der Waals surface area contributed by atoms with Gasteiger partial charge in [-0.1, -0.05) is 55.5 Å². The van der Waals surface area contributed by atoms with Gasteiger partial charge in [0.1, 0.15) is 6.23 Å². The van der Waals surface area contributed by atoms with Crippen LogP contribution >= 0.6 is 0 Å². The quantitative estimate of drug-likeness (QED) is 0.823. The number of anilines is 1. The first-order chi connectivity index (χ1) is 12.8. The molecule has 1 heterocycles. The van der Waals surface area contributed by atoms with Crippen LogP contribution in [0.15, 0.2) is 60.7 Å². The molecule has 140 valence electrons. The molecule has 2 aromatic rings. The van der Waals surface area contributed by atoms with Gasteiger partial charge in [0.2, 0.25) is 0 Å². The molecule has 0 spiro atoms. The van der Waals surface area contributed by atoms with E-state index >= 15 is 0 Å². The zero-order valence-corrected chi connectivity index (χ0v) is 15.8. The summed E-state index contributed by atoms with van der Waals surface area (Å²) in [5.74, 6) is 0. The molecule has 0 radical (unpaired) electrons. The lowest BCUT2D eigenvalue weighted by molar-refractivity contribution is -0.0722. The van der Waals surface area contributed by atoms with Crippen molar-refractivity contribution in [3.05, 3.63) is 66.2 Å². The molecule has 3 atom stereocenters. The summed E-state index contributed by atoms with van der Waals surface area (Å²) in [5.41, 5.74) is 2.47. The number of aliphatic hydroxyl groups is 1. The molecule has 0 bridgehead atoms. The first-order valence-corrected chi connectivity index (χ1v) is 9.56. The maximum absolute atomic E-state index is 9.40. The number of piperazine rings is 1. The van der Waals surface area contributed by atoms with Crippen molar-refractivity contribution in [1.29, 1.82) is 0 Å². The Hall–Kier alpha value is -1.88. The molecular formula is C22H30N2O2. The molecule has 4 heteroatoms. The van der Waals surface area contributed by atoms with Crippen molar-refractivity contribution in [1.82, 2.24) is 4.90 Å². The van der Waals surface area contributed by atoms with E-state index in [2.05, 4.69) is 77.4 Å². The van der Waals surface area contributed by atoms with Gasteiger partial charge < -0.3 is 14.7 Å². The zero-order valence-electron chi connectivity index (χ0n) is 15.8. The minimum Gasteiger partial charge on any atom is -0.396 e. The highest BCUT2D eigenvalue weighted by Gasteiger charge is 2.42. The van der Waals surface area contributed by atoms with Crippen LogP contribution in [0.5, 0.6) is 0 Å². The molecule has 3 unspecified atom stereocenters. The van der Waals surface area contributed by atoms with Gasteiger partial charge in [0.25, 0.3) is 0 Å². The van der Waals surface area contributed by atoms with Gasteiger partial charge in [-0.3, -0.25) is 4.90 Å². The second-order valence-corrected chi connectivity index (χ2v) is 6.83. The maximum Gasteiger partial charge on any atom is 0.135 e. The lowest BCUT2D eigenvalue weighted by Gasteiger charge is -2.52. The maximum atomic E-state index is 9.40. The van der Waals surface area contributed by atoms with Crippen LogP contribution in [0.4, 0.5) is 5.69 Å². The van der Waals surface area contributed by atoms with Gasteiger partial charge in [-0.15, -0.1) is 0 Å². The van der Waals surface area contributed by atoms with Gasteiger partial charge in [-0.2, -0.15) is 0 Å². The summed E-state index contributed by atoms with van der Waals surface area (Å²) < 4.78 is 6.00. The van der Waals surface area contributed by atoms with Crippen LogP contribution in [-0.4, -0.2) is 49.1 Å². The van der Waals surface area contributed by atoms with Crippen molar-refractivity contribution in [2.45, 2.75) is 38.1 Å². The number of ether oxygens (including phenoxy) is 1. The molecule has 0 saturated carbocycles. The summed E-state index contributed by atoms with van der Waals surface area (Å²) in [7, 11) is 1.81. The van der Waals surface area contributed by atoms with Crippen LogP contribution in [0.2, 0.25) is 0 Å². The van der Waals surface area contributed by atoms with E-state index in [1.54, 1.807) is 7.11 Å². The van der Waals surface area contributed by atoms with E-state index < -0.39 is 0 Å². The normalized spacial score (nSPS) is 24.0. The molecule has 0 aromatic heterocycles. The summed E-state index contributed by atoms with van der Waals surface area (Å²) in [6, 6.07) is 21.7. The van der Waals surface area contributed by atoms with Gasteiger partial charge in [-0.25, -0.2) is 0 Å². The molecular weight excluding hydrogens is 324 g/mol. The second kappa shape index (κ2) is 9.17. The third kappa shape index (κ3) is 3.93. The summed E-state index contributed by atoms with van der Waals surface area (Å²) in [6.07, 6.45) is 1.76. The standard InChI is InChI=1S/C22H30N2O2/c1-3-23-17-20(15-10-16-25)24(19-13-8-5-9-14-19)21(22(23)26-2)18-11-6-4-7-12-18/h4-9,11-14,20-22,25H,3,10,15-17H2,1-2H3. The molecule has 3 rings (SSSR count). The molecule has 1 aliphatic heterocycles. The number of hydrogen-bond acceptors (Lipinski definition) is 4. The predicted octanol–water partition coefficient (Wildman–Crippen LogP) is 3.68. The molecule has 0 amide bonds. The van der Waals surface area contributed by atoms with E-state index in [0.29, 0.717) is 6.04 Å². The topological polar surface area (TPSA) is 35.9 Å². The van der Waals surface area contributed by atoms with E-state index in [-0.39, 0.29) is 18.9 Å². The van der Waals surface area contributed by atoms with Crippen LogP contribution in [0.1, 0.15) is 31.4 Å².